The zero-order valence-electron chi connectivity index (χ0n) is 11.7. The van der Waals surface area contributed by atoms with Crippen molar-refractivity contribution in [2.75, 3.05) is 13.1 Å². The van der Waals surface area contributed by atoms with E-state index >= 15 is 0 Å². The summed E-state index contributed by atoms with van der Waals surface area (Å²) in [5, 5.41) is 9.19. The van der Waals surface area contributed by atoms with Gasteiger partial charge in [0.25, 0.3) is 0 Å². The molecule has 5 heteroatoms. The van der Waals surface area contributed by atoms with Crippen LogP contribution < -0.4 is 5.73 Å². The van der Waals surface area contributed by atoms with Gasteiger partial charge in [-0.25, -0.2) is 0 Å². The summed E-state index contributed by atoms with van der Waals surface area (Å²) in [6.07, 6.45) is 5.75. The molecule has 0 aromatic rings. The van der Waals surface area contributed by atoms with E-state index in [-0.39, 0.29) is 5.91 Å². The van der Waals surface area contributed by atoms with Crippen molar-refractivity contribution in [3.63, 3.8) is 0 Å². The Kier molecular flexibility index (Phi) is 3.85. The third-order valence-electron chi connectivity index (χ3n) is 4.84. The zero-order chi connectivity index (χ0) is 14.1. The molecule has 1 amide bonds. The van der Waals surface area contributed by atoms with Gasteiger partial charge in [0.1, 0.15) is 0 Å². The van der Waals surface area contributed by atoms with Crippen molar-refractivity contribution in [1.82, 2.24) is 4.90 Å². The minimum atomic E-state index is -0.764. The van der Waals surface area contributed by atoms with Crippen LogP contribution in [-0.4, -0.2) is 40.5 Å². The van der Waals surface area contributed by atoms with Gasteiger partial charge in [-0.3, -0.25) is 9.59 Å². The number of piperidine rings is 1. The summed E-state index contributed by atoms with van der Waals surface area (Å²) in [6, 6.07) is 0. The fourth-order valence-corrected chi connectivity index (χ4v) is 3.13. The minimum absolute atomic E-state index is 0.0274. The second-order valence-corrected chi connectivity index (χ2v) is 6.37. The van der Waals surface area contributed by atoms with Crippen LogP contribution in [0.1, 0.15) is 51.9 Å². The Labute approximate surface area is 114 Å². The second-order valence-electron chi connectivity index (χ2n) is 6.37. The number of rotatable bonds is 2. The van der Waals surface area contributed by atoms with Gasteiger partial charge in [0.2, 0.25) is 5.91 Å². The van der Waals surface area contributed by atoms with Crippen molar-refractivity contribution in [2.45, 2.75) is 57.4 Å². The highest BCUT2D eigenvalue weighted by Crippen LogP contribution is 2.34. The molecule has 1 heterocycles. The smallest absolute Gasteiger partial charge is 0.309 e. The molecule has 0 unspecified atom stereocenters. The number of carbonyl (C=O) groups excluding carboxylic acids is 1. The number of carboxylic acids is 1. The zero-order valence-corrected chi connectivity index (χ0v) is 11.7. The minimum Gasteiger partial charge on any atom is -0.481 e. The van der Waals surface area contributed by atoms with E-state index in [0.717, 1.165) is 32.1 Å². The fourth-order valence-electron chi connectivity index (χ4n) is 3.13. The first-order chi connectivity index (χ1) is 8.87. The van der Waals surface area contributed by atoms with Crippen LogP contribution in [0, 0.1) is 5.41 Å². The van der Waals surface area contributed by atoms with Crippen LogP contribution in [-0.2, 0) is 9.59 Å². The standard InChI is InChI=1S/C14H24N2O3/c1-13(12(18)19)7-9-16(10-8-13)11(17)14(15)5-3-2-4-6-14/h2-10,15H2,1H3,(H,18,19). The summed E-state index contributed by atoms with van der Waals surface area (Å²) in [5.74, 6) is -0.737. The topological polar surface area (TPSA) is 83.6 Å². The Morgan fingerprint density at radius 3 is 2.05 bits per heavy atom. The van der Waals surface area contributed by atoms with E-state index in [1.807, 2.05) is 0 Å². The highest BCUT2D eigenvalue weighted by Gasteiger charge is 2.43. The number of likely N-dealkylation sites (tertiary alicyclic amines) is 1. The molecule has 1 aliphatic heterocycles. The Hall–Kier alpha value is -1.10. The van der Waals surface area contributed by atoms with Crippen molar-refractivity contribution >= 4 is 11.9 Å². The van der Waals surface area contributed by atoms with E-state index in [1.165, 1.54) is 0 Å². The summed E-state index contributed by atoms with van der Waals surface area (Å²) < 4.78 is 0. The van der Waals surface area contributed by atoms with Gasteiger partial charge in [-0.15, -0.1) is 0 Å². The maximum Gasteiger partial charge on any atom is 0.309 e. The lowest BCUT2D eigenvalue weighted by molar-refractivity contribution is -0.154. The first kappa shape index (κ1) is 14.3. The van der Waals surface area contributed by atoms with Gasteiger partial charge < -0.3 is 15.7 Å². The second kappa shape index (κ2) is 5.12. The van der Waals surface area contributed by atoms with Crippen LogP contribution in [0.4, 0.5) is 0 Å². The van der Waals surface area contributed by atoms with Gasteiger partial charge in [-0.1, -0.05) is 19.3 Å². The maximum atomic E-state index is 12.5. The number of hydrogen-bond acceptors (Lipinski definition) is 3. The molecule has 1 saturated carbocycles. The fraction of sp³-hybridized carbons (Fsp3) is 0.857. The van der Waals surface area contributed by atoms with Crippen molar-refractivity contribution in [2.24, 2.45) is 11.1 Å². The molecule has 0 aromatic carbocycles. The molecule has 5 nitrogen and oxygen atoms in total. The van der Waals surface area contributed by atoms with Crippen molar-refractivity contribution in [3.05, 3.63) is 0 Å². The lowest BCUT2D eigenvalue weighted by atomic mass is 9.78. The first-order valence-electron chi connectivity index (χ1n) is 7.19. The van der Waals surface area contributed by atoms with Gasteiger partial charge in [-0.05, 0) is 32.6 Å². The monoisotopic (exact) mass is 268 g/mol. The quantitative estimate of drug-likeness (QED) is 0.792. The average Bonchev–Trinajstić information content (AvgIpc) is 2.39. The van der Waals surface area contributed by atoms with Crippen LogP contribution in [0.15, 0.2) is 0 Å². The molecular formula is C14H24N2O3. The van der Waals surface area contributed by atoms with E-state index in [0.29, 0.717) is 25.9 Å². The van der Waals surface area contributed by atoms with Crippen LogP contribution in [0.3, 0.4) is 0 Å². The molecule has 1 aliphatic carbocycles. The molecule has 0 spiro atoms. The molecule has 2 rings (SSSR count). The van der Waals surface area contributed by atoms with Crippen LogP contribution in [0.2, 0.25) is 0 Å². The highest BCUT2D eigenvalue weighted by molar-refractivity contribution is 5.86. The van der Waals surface area contributed by atoms with Crippen molar-refractivity contribution in [1.29, 1.82) is 0 Å². The molecule has 1 saturated heterocycles. The molecule has 0 atom stereocenters. The summed E-state index contributed by atoms with van der Waals surface area (Å²) in [7, 11) is 0. The summed E-state index contributed by atoms with van der Waals surface area (Å²) in [6.45, 7) is 2.79. The number of carboxylic acid groups (broad SMARTS) is 1. The third kappa shape index (κ3) is 2.76. The molecule has 2 fully saturated rings. The van der Waals surface area contributed by atoms with Crippen molar-refractivity contribution in [3.8, 4) is 0 Å². The van der Waals surface area contributed by atoms with Crippen LogP contribution in [0.5, 0.6) is 0 Å². The highest BCUT2D eigenvalue weighted by atomic mass is 16.4. The summed E-state index contributed by atoms with van der Waals surface area (Å²) >= 11 is 0. The van der Waals surface area contributed by atoms with Crippen LogP contribution >= 0.6 is 0 Å². The third-order valence-corrected chi connectivity index (χ3v) is 4.84. The van der Waals surface area contributed by atoms with Gasteiger partial charge in [-0.2, -0.15) is 0 Å². The number of nitrogens with zero attached hydrogens (tertiary/aromatic N) is 1. The Balaban J connectivity index is 1.97. The molecule has 2 aliphatic rings. The molecule has 0 bridgehead atoms. The maximum absolute atomic E-state index is 12.5. The Bertz CT molecular complexity index is 367. The number of nitrogens with two attached hydrogens (primary N) is 1. The van der Waals surface area contributed by atoms with Gasteiger partial charge in [0, 0.05) is 13.1 Å². The van der Waals surface area contributed by atoms with E-state index in [9.17, 15) is 14.7 Å². The Morgan fingerprint density at radius 1 is 1.05 bits per heavy atom. The molecule has 19 heavy (non-hydrogen) atoms. The van der Waals surface area contributed by atoms with E-state index < -0.39 is 16.9 Å². The predicted octanol–water partition coefficient (Wildman–Crippen LogP) is 1.36. The number of hydrogen-bond donors (Lipinski definition) is 2. The number of aliphatic carboxylic acids is 1. The SMILES string of the molecule is CC1(C(=O)O)CCN(C(=O)C2(N)CCCCC2)CC1. The number of carbonyl (C=O) groups is 2. The van der Waals surface area contributed by atoms with Crippen LogP contribution in [0.25, 0.3) is 0 Å². The van der Waals surface area contributed by atoms with E-state index in [1.54, 1.807) is 11.8 Å². The van der Waals surface area contributed by atoms with Gasteiger partial charge in [0.15, 0.2) is 0 Å². The lowest BCUT2D eigenvalue weighted by Gasteiger charge is -2.41. The largest absolute Gasteiger partial charge is 0.481 e. The number of amides is 1. The Morgan fingerprint density at radius 2 is 1.58 bits per heavy atom. The predicted molar refractivity (Wildman–Crippen MR) is 71.6 cm³/mol. The van der Waals surface area contributed by atoms with Gasteiger partial charge >= 0.3 is 5.97 Å². The molecule has 108 valence electrons. The van der Waals surface area contributed by atoms with E-state index in [2.05, 4.69) is 0 Å². The first-order valence-corrected chi connectivity index (χ1v) is 7.19. The molecule has 0 radical (unpaired) electrons. The lowest BCUT2D eigenvalue weighted by Crippen LogP contribution is -2.58. The summed E-state index contributed by atoms with van der Waals surface area (Å²) in [5.41, 5.74) is 4.86. The normalized spacial score (nSPS) is 25.9. The van der Waals surface area contributed by atoms with E-state index in [4.69, 9.17) is 5.73 Å². The van der Waals surface area contributed by atoms with Crippen molar-refractivity contribution < 1.29 is 14.7 Å². The molecular weight excluding hydrogens is 244 g/mol. The van der Waals surface area contributed by atoms with Gasteiger partial charge in [0.05, 0.1) is 11.0 Å². The average molecular weight is 268 g/mol. The summed E-state index contributed by atoms with van der Waals surface area (Å²) in [4.78, 5) is 25.5. The molecule has 3 N–H and O–H groups in total. The molecule has 0 aromatic heterocycles.